The summed E-state index contributed by atoms with van der Waals surface area (Å²) in [5, 5.41) is 15.3. The first-order chi connectivity index (χ1) is 13.6. The number of nitrogens with zero attached hydrogens (tertiary/aromatic N) is 2. The molecular weight excluding hydrogens is 420 g/mol. The Morgan fingerprint density at radius 2 is 1.93 bits per heavy atom. The van der Waals surface area contributed by atoms with Crippen LogP contribution in [0.3, 0.4) is 0 Å². The smallest absolute Gasteiger partial charge is 0.234 e. The maximum atomic E-state index is 12.2. The Kier molecular flexibility index (Phi) is 6.96. The number of benzene rings is 2. The van der Waals surface area contributed by atoms with E-state index in [1.807, 2.05) is 24.3 Å². The number of ether oxygens (including phenoxy) is 2. The van der Waals surface area contributed by atoms with Crippen LogP contribution in [0.2, 0.25) is 5.02 Å². The second kappa shape index (κ2) is 9.63. The molecule has 3 aromatic rings. The zero-order valence-corrected chi connectivity index (χ0v) is 17.5. The zero-order valence-electron chi connectivity index (χ0n) is 15.1. The number of rotatable bonds is 8. The van der Waals surface area contributed by atoms with Crippen molar-refractivity contribution in [3.05, 3.63) is 47.5 Å². The maximum absolute atomic E-state index is 12.2. The number of amides is 1. The molecule has 0 spiro atoms. The topological polar surface area (TPSA) is 85.4 Å². The van der Waals surface area contributed by atoms with Crippen LogP contribution in [0, 0.1) is 0 Å². The number of anilines is 3. The summed E-state index contributed by atoms with van der Waals surface area (Å²) >= 11 is 8.64. The first-order valence-corrected chi connectivity index (χ1v) is 10.3. The standard InChI is InChI=1S/C18H17ClN4O3S2/c1-25-13-6-4-12(5-7-13)20-17-22-23-18(28-17)27-10-16(24)21-14-9-11(19)3-8-15(14)26-2/h3-9H,10H2,1-2H3,(H,20,22)(H,21,24). The second-order valence-corrected chi connectivity index (χ2v) is 8.04. The van der Waals surface area contributed by atoms with E-state index in [1.54, 1.807) is 25.3 Å². The Bertz CT molecular complexity index is 950. The summed E-state index contributed by atoms with van der Waals surface area (Å²) < 4.78 is 11.0. The minimum Gasteiger partial charge on any atom is -0.497 e. The van der Waals surface area contributed by atoms with E-state index in [2.05, 4.69) is 20.8 Å². The third-order valence-electron chi connectivity index (χ3n) is 3.51. The third kappa shape index (κ3) is 5.51. The van der Waals surface area contributed by atoms with Crippen LogP contribution < -0.4 is 20.1 Å². The van der Waals surface area contributed by atoms with Crippen LogP contribution in [0.5, 0.6) is 11.5 Å². The summed E-state index contributed by atoms with van der Waals surface area (Å²) in [6, 6.07) is 12.5. The molecule has 0 fully saturated rings. The van der Waals surface area contributed by atoms with Gasteiger partial charge in [0.05, 0.1) is 25.7 Å². The van der Waals surface area contributed by atoms with Gasteiger partial charge < -0.3 is 20.1 Å². The molecule has 0 atom stereocenters. The number of methoxy groups -OCH3 is 2. The Morgan fingerprint density at radius 3 is 2.64 bits per heavy atom. The normalized spacial score (nSPS) is 10.4. The van der Waals surface area contributed by atoms with Gasteiger partial charge in [-0.15, -0.1) is 10.2 Å². The Hall–Kier alpha value is -2.49. The number of carbonyl (C=O) groups is 1. The molecule has 0 unspecified atom stereocenters. The van der Waals surface area contributed by atoms with Crippen molar-refractivity contribution in [1.82, 2.24) is 10.2 Å². The van der Waals surface area contributed by atoms with Crippen molar-refractivity contribution >= 4 is 57.1 Å². The second-order valence-electron chi connectivity index (χ2n) is 5.41. The maximum Gasteiger partial charge on any atom is 0.234 e. The summed E-state index contributed by atoms with van der Waals surface area (Å²) in [6.07, 6.45) is 0. The van der Waals surface area contributed by atoms with Gasteiger partial charge in [-0.2, -0.15) is 0 Å². The van der Waals surface area contributed by atoms with Crippen LogP contribution in [0.1, 0.15) is 0 Å². The molecule has 1 amide bonds. The Labute approximate surface area is 175 Å². The molecule has 28 heavy (non-hydrogen) atoms. The number of hydrogen-bond acceptors (Lipinski definition) is 8. The van der Waals surface area contributed by atoms with E-state index < -0.39 is 0 Å². The molecule has 3 rings (SSSR count). The third-order valence-corrected chi connectivity index (χ3v) is 5.72. The predicted octanol–water partition coefficient (Wildman–Crippen LogP) is 4.68. The van der Waals surface area contributed by atoms with Crippen molar-refractivity contribution < 1.29 is 14.3 Å². The number of carbonyl (C=O) groups excluding carboxylic acids is 1. The van der Waals surface area contributed by atoms with E-state index in [9.17, 15) is 4.79 Å². The van der Waals surface area contributed by atoms with Crippen molar-refractivity contribution in [3.8, 4) is 11.5 Å². The molecule has 2 N–H and O–H groups in total. The van der Waals surface area contributed by atoms with Gasteiger partial charge >= 0.3 is 0 Å². The minimum atomic E-state index is -0.189. The molecule has 2 aromatic carbocycles. The van der Waals surface area contributed by atoms with Crippen molar-refractivity contribution in [1.29, 1.82) is 0 Å². The zero-order chi connectivity index (χ0) is 19.9. The predicted molar refractivity (Wildman–Crippen MR) is 114 cm³/mol. The lowest BCUT2D eigenvalue weighted by Crippen LogP contribution is -2.14. The number of nitrogens with one attached hydrogen (secondary N) is 2. The molecule has 1 aromatic heterocycles. The first-order valence-electron chi connectivity index (χ1n) is 8.08. The van der Waals surface area contributed by atoms with Gasteiger partial charge in [-0.1, -0.05) is 34.7 Å². The van der Waals surface area contributed by atoms with Gasteiger partial charge in [0.25, 0.3) is 0 Å². The summed E-state index contributed by atoms with van der Waals surface area (Å²) in [4.78, 5) is 12.2. The highest BCUT2D eigenvalue weighted by Crippen LogP contribution is 2.30. The molecule has 0 aliphatic carbocycles. The minimum absolute atomic E-state index is 0.187. The van der Waals surface area contributed by atoms with E-state index >= 15 is 0 Å². The number of aromatic nitrogens is 2. The molecule has 0 aliphatic rings. The van der Waals surface area contributed by atoms with Gasteiger partial charge in [-0.3, -0.25) is 4.79 Å². The number of halogens is 1. The summed E-state index contributed by atoms with van der Waals surface area (Å²) in [6.45, 7) is 0. The van der Waals surface area contributed by atoms with Crippen LogP contribution in [-0.4, -0.2) is 36.1 Å². The average molecular weight is 437 g/mol. The first kappa shape index (κ1) is 20.2. The van der Waals surface area contributed by atoms with Gasteiger partial charge in [-0.05, 0) is 42.5 Å². The van der Waals surface area contributed by atoms with E-state index in [0.717, 1.165) is 11.4 Å². The molecule has 7 nitrogen and oxygen atoms in total. The highest BCUT2D eigenvalue weighted by atomic mass is 35.5. The highest BCUT2D eigenvalue weighted by Gasteiger charge is 2.11. The van der Waals surface area contributed by atoms with E-state index in [0.29, 0.717) is 25.9 Å². The van der Waals surface area contributed by atoms with Crippen LogP contribution in [0.25, 0.3) is 0 Å². The van der Waals surface area contributed by atoms with E-state index in [1.165, 1.54) is 30.2 Å². The Balaban J connectivity index is 1.53. The molecule has 10 heteroatoms. The summed E-state index contributed by atoms with van der Waals surface area (Å²) in [7, 11) is 3.15. The van der Waals surface area contributed by atoms with Gasteiger partial charge in [-0.25, -0.2) is 0 Å². The van der Waals surface area contributed by atoms with Crippen LogP contribution in [0.15, 0.2) is 46.8 Å². The van der Waals surface area contributed by atoms with Gasteiger partial charge in [0.1, 0.15) is 11.5 Å². The van der Waals surface area contributed by atoms with Crippen LogP contribution in [0.4, 0.5) is 16.5 Å². The van der Waals surface area contributed by atoms with Crippen molar-refractivity contribution in [2.45, 2.75) is 4.34 Å². The molecule has 0 bridgehead atoms. The fourth-order valence-electron chi connectivity index (χ4n) is 2.21. The van der Waals surface area contributed by atoms with Gasteiger partial charge in [0.15, 0.2) is 4.34 Å². The lowest BCUT2D eigenvalue weighted by atomic mass is 10.3. The lowest BCUT2D eigenvalue weighted by molar-refractivity contribution is -0.113. The van der Waals surface area contributed by atoms with Crippen molar-refractivity contribution in [2.75, 3.05) is 30.6 Å². The number of thioether (sulfide) groups is 1. The summed E-state index contributed by atoms with van der Waals surface area (Å²) in [5.41, 5.74) is 1.40. The Morgan fingerprint density at radius 1 is 1.14 bits per heavy atom. The SMILES string of the molecule is COc1ccc(Nc2nnc(SCC(=O)Nc3cc(Cl)ccc3OC)s2)cc1. The quantitative estimate of drug-likeness (QED) is 0.495. The van der Waals surface area contributed by atoms with E-state index in [4.69, 9.17) is 21.1 Å². The molecule has 146 valence electrons. The largest absolute Gasteiger partial charge is 0.497 e. The lowest BCUT2D eigenvalue weighted by Gasteiger charge is -2.09. The van der Waals surface area contributed by atoms with Crippen LogP contribution >= 0.6 is 34.7 Å². The summed E-state index contributed by atoms with van der Waals surface area (Å²) in [5.74, 6) is 1.32. The van der Waals surface area contributed by atoms with Crippen molar-refractivity contribution in [3.63, 3.8) is 0 Å². The van der Waals surface area contributed by atoms with Crippen molar-refractivity contribution in [2.24, 2.45) is 0 Å². The average Bonchev–Trinajstić information content (AvgIpc) is 3.14. The number of hydrogen-bond donors (Lipinski definition) is 2. The molecule has 1 heterocycles. The van der Waals surface area contributed by atoms with Crippen LogP contribution in [-0.2, 0) is 4.79 Å². The monoisotopic (exact) mass is 436 g/mol. The fraction of sp³-hybridized carbons (Fsp3) is 0.167. The van der Waals surface area contributed by atoms with Gasteiger partial charge in [0.2, 0.25) is 11.0 Å². The molecule has 0 aliphatic heterocycles. The molecule has 0 saturated heterocycles. The highest BCUT2D eigenvalue weighted by molar-refractivity contribution is 8.01. The molecule has 0 saturated carbocycles. The molecule has 0 radical (unpaired) electrons. The van der Waals surface area contributed by atoms with E-state index in [-0.39, 0.29) is 11.7 Å². The molecular formula is C18H17ClN4O3S2. The van der Waals surface area contributed by atoms with Gasteiger partial charge in [0, 0.05) is 10.7 Å². The fourth-order valence-corrected chi connectivity index (χ4v) is 3.95.